The Bertz CT molecular complexity index is 675. The van der Waals surface area contributed by atoms with E-state index >= 15 is 0 Å². The van der Waals surface area contributed by atoms with Gasteiger partial charge >= 0.3 is 5.97 Å². The van der Waals surface area contributed by atoms with Crippen LogP contribution in [0.2, 0.25) is 0 Å². The van der Waals surface area contributed by atoms with Crippen LogP contribution in [0, 0.1) is 11.8 Å². The predicted octanol–water partition coefficient (Wildman–Crippen LogP) is 2.12. The van der Waals surface area contributed by atoms with Crippen LogP contribution in [0.5, 0.6) is 0 Å². The number of nitrogens with zero attached hydrogens (tertiary/aromatic N) is 3. The molecule has 1 aliphatic carbocycles. The predicted molar refractivity (Wildman–Crippen MR) is 95.8 cm³/mol. The maximum absolute atomic E-state index is 12.5. The van der Waals surface area contributed by atoms with E-state index in [1.165, 1.54) is 11.1 Å². The molecule has 6 nitrogen and oxygen atoms in total. The number of aromatic nitrogens is 2. The van der Waals surface area contributed by atoms with Crippen molar-refractivity contribution in [2.75, 3.05) is 19.6 Å². The normalized spacial score (nSPS) is 19.0. The van der Waals surface area contributed by atoms with E-state index in [9.17, 15) is 14.7 Å². The maximum Gasteiger partial charge on any atom is 0.308 e. The van der Waals surface area contributed by atoms with Gasteiger partial charge in [0, 0.05) is 19.0 Å². The highest BCUT2D eigenvalue weighted by atomic mass is 16.4. The molecule has 6 heteroatoms. The molecule has 0 spiro atoms. The zero-order chi connectivity index (χ0) is 18.0. The van der Waals surface area contributed by atoms with Crippen LogP contribution in [0.4, 0.5) is 0 Å². The molecule has 1 saturated carbocycles. The van der Waals surface area contributed by atoms with Gasteiger partial charge in [0.1, 0.15) is 0 Å². The lowest BCUT2D eigenvalue weighted by atomic mass is 9.97. The van der Waals surface area contributed by atoms with Crippen LogP contribution in [-0.4, -0.2) is 45.4 Å². The minimum atomic E-state index is -0.851. The molecule has 0 unspecified atom stereocenters. The monoisotopic (exact) mass is 347 g/mol. The Hall–Kier alpha value is -1.69. The Morgan fingerprint density at radius 1 is 1.36 bits per heavy atom. The Balaban J connectivity index is 1.79. The topological polar surface area (TPSA) is 75.4 Å². The fraction of sp³-hybridized carbons (Fsp3) is 0.737. The van der Waals surface area contributed by atoms with Gasteiger partial charge in [-0.05, 0) is 56.2 Å². The lowest BCUT2D eigenvalue weighted by Gasteiger charge is -2.30. The first-order valence-electron chi connectivity index (χ1n) is 9.50. The summed E-state index contributed by atoms with van der Waals surface area (Å²) in [6.45, 7) is 7.43. The van der Waals surface area contributed by atoms with Crippen molar-refractivity contribution in [3.8, 4) is 0 Å². The van der Waals surface area contributed by atoms with Gasteiger partial charge in [0.15, 0.2) is 0 Å². The van der Waals surface area contributed by atoms with Crippen molar-refractivity contribution in [1.29, 1.82) is 0 Å². The molecule has 0 amide bonds. The van der Waals surface area contributed by atoms with Gasteiger partial charge in [0.2, 0.25) is 0 Å². The average Bonchev–Trinajstić information content (AvgIpc) is 3.31. The van der Waals surface area contributed by atoms with Crippen molar-refractivity contribution >= 4 is 5.97 Å². The van der Waals surface area contributed by atoms with Crippen molar-refractivity contribution in [3.63, 3.8) is 0 Å². The van der Waals surface area contributed by atoms with Crippen molar-refractivity contribution in [3.05, 3.63) is 27.7 Å². The second-order valence-corrected chi connectivity index (χ2v) is 7.95. The highest BCUT2D eigenvalue weighted by Crippen LogP contribution is 2.40. The molecular formula is C19H29N3O3. The van der Waals surface area contributed by atoms with Crippen LogP contribution >= 0.6 is 0 Å². The standard InChI is InChI=1S/C19H29N3O3/c1-13(2)10-15(19(24)25)12-22-18(23)11-16(14-4-5-14)17(20-22)6-9-21-7-3-8-21/h11,13-15H,3-10,12H2,1-2H3,(H,24,25)/t15-/m0/s1. The number of carboxylic acid groups (broad SMARTS) is 1. The molecule has 138 valence electrons. The van der Waals surface area contributed by atoms with Gasteiger partial charge in [-0.25, -0.2) is 4.68 Å². The van der Waals surface area contributed by atoms with E-state index in [1.807, 2.05) is 13.8 Å². The molecule has 0 aromatic carbocycles. The summed E-state index contributed by atoms with van der Waals surface area (Å²) < 4.78 is 1.39. The summed E-state index contributed by atoms with van der Waals surface area (Å²) in [6.07, 6.45) is 4.92. The molecule has 1 saturated heterocycles. The zero-order valence-electron chi connectivity index (χ0n) is 15.3. The number of hydrogen-bond acceptors (Lipinski definition) is 4. The second kappa shape index (κ2) is 7.68. The quantitative estimate of drug-likeness (QED) is 0.740. The van der Waals surface area contributed by atoms with E-state index in [1.54, 1.807) is 6.07 Å². The summed E-state index contributed by atoms with van der Waals surface area (Å²) in [5.74, 6) is -0.670. The summed E-state index contributed by atoms with van der Waals surface area (Å²) in [4.78, 5) is 26.4. The van der Waals surface area contributed by atoms with Crippen LogP contribution < -0.4 is 5.56 Å². The van der Waals surface area contributed by atoms with E-state index in [-0.39, 0.29) is 18.0 Å². The molecule has 1 aliphatic heterocycles. The van der Waals surface area contributed by atoms with Gasteiger partial charge in [-0.15, -0.1) is 0 Å². The van der Waals surface area contributed by atoms with Gasteiger partial charge < -0.3 is 10.0 Å². The van der Waals surface area contributed by atoms with Gasteiger partial charge in [-0.1, -0.05) is 13.8 Å². The van der Waals surface area contributed by atoms with Crippen molar-refractivity contribution in [1.82, 2.24) is 14.7 Å². The molecule has 25 heavy (non-hydrogen) atoms. The zero-order valence-corrected chi connectivity index (χ0v) is 15.3. The Morgan fingerprint density at radius 2 is 2.08 bits per heavy atom. The lowest BCUT2D eigenvalue weighted by molar-refractivity contribution is -0.142. The molecule has 2 heterocycles. The molecule has 1 aromatic rings. The molecule has 0 bridgehead atoms. The van der Waals surface area contributed by atoms with Crippen molar-refractivity contribution in [2.24, 2.45) is 11.8 Å². The molecule has 3 rings (SSSR count). The third kappa shape index (κ3) is 4.69. The van der Waals surface area contributed by atoms with Gasteiger partial charge in [0.25, 0.3) is 5.56 Å². The number of hydrogen-bond donors (Lipinski definition) is 1. The van der Waals surface area contributed by atoms with Crippen LogP contribution in [0.1, 0.15) is 56.7 Å². The second-order valence-electron chi connectivity index (χ2n) is 7.95. The highest BCUT2D eigenvalue weighted by molar-refractivity contribution is 5.69. The fourth-order valence-corrected chi connectivity index (χ4v) is 3.52. The van der Waals surface area contributed by atoms with Crippen molar-refractivity contribution in [2.45, 2.75) is 58.4 Å². The summed E-state index contributed by atoms with van der Waals surface area (Å²) in [7, 11) is 0. The lowest BCUT2D eigenvalue weighted by Crippen LogP contribution is -2.39. The smallest absolute Gasteiger partial charge is 0.308 e. The molecule has 1 atom stereocenters. The fourth-order valence-electron chi connectivity index (χ4n) is 3.52. The summed E-state index contributed by atoms with van der Waals surface area (Å²) in [6, 6.07) is 1.71. The van der Waals surface area contributed by atoms with Gasteiger partial charge in [-0.2, -0.15) is 5.10 Å². The van der Waals surface area contributed by atoms with E-state index in [4.69, 9.17) is 0 Å². The molecule has 2 fully saturated rings. The Kier molecular flexibility index (Phi) is 5.57. The number of carboxylic acids is 1. The SMILES string of the molecule is CC(C)C[C@@H](Cn1nc(CCN2CCC2)c(C2CC2)cc1=O)C(=O)O. The van der Waals surface area contributed by atoms with Crippen LogP contribution in [0.3, 0.4) is 0 Å². The van der Waals surface area contributed by atoms with Crippen LogP contribution in [-0.2, 0) is 17.8 Å². The number of carbonyl (C=O) groups is 1. The van der Waals surface area contributed by atoms with Gasteiger partial charge in [-0.3, -0.25) is 9.59 Å². The van der Waals surface area contributed by atoms with E-state index < -0.39 is 11.9 Å². The van der Waals surface area contributed by atoms with E-state index in [0.717, 1.165) is 50.2 Å². The summed E-state index contributed by atoms with van der Waals surface area (Å²) in [5.41, 5.74) is 1.92. The van der Waals surface area contributed by atoms with Crippen LogP contribution in [0.25, 0.3) is 0 Å². The van der Waals surface area contributed by atoms with E-state index in [2.05, 4.69) is 10.00 Å². The average molecular weight is 347 g/mol. The third-order valence-electron chi connectivity index (χ3n) is 5.24. The molecule has 1 aromatic heterocycles. The minimum absolute atomic E-state index is 0.161. The Morgan fingerprint density at radius 3 is 2.60 bits per heavy atom. The summed E-state index contributed by atoms with van der Waals surface area (Å²) in [5, 5.41) is 14.1. The van der Waals surface area contributed by atoms with Gasteiger partial charge in [0.05, 0.1) is 18.2 Å². The molecule has 0 radical (unpaired) electrons. The highest BCUT2D eigenvalue weighted by Gasteiger charge is 2.29. The van der Waals surface area contributed by atoms with Crippen molar-refractivity contribution < 1.29 is 9.90 Å². The molecular weight excluding hydrogens is 318 g/mol. The molecule has 1 N–H and O–H groups in total. The first kappa shape index (κ1) is 18.1. The minimum Gasteiger partial charge on any atom is -0.481 e. The third-order valence-corrected chi connectivity index (χ3v) is 5.24. The maximum atomic E-state index is 12.5. The number of likely N-dealkylation sites (tertiary alicyclic amines) is 1. The summed E-state index contributed by atoms with van der Waals surface area (Å²) >= 11 is 0. The largest absolute Gasteiger partial charge is 0.481 e. The first-order valence-corrected chi connectivity index (χ1v) is 9.50. The molecule has 2 aliphatic rings. The first-order chi connectivity index (χ1) is 11.9. The number of aliphatic carboxylic acids is 1. The van der Waals surface area contributed by atoms with Crippen LogP contribution in [0.15, 0.2) is 10.9 Å². The number of rotatable bonds is 9. The Labute approximate surface area is 148 Å². The van der Waals surface area contributed by atoms with E-state index in [0.29, 0.717) is 12.3 Å².